The second kappa shape index (κ2) is 5.65. The lowest BCUT2D eigenvalue weighted by Gasteiger charge is -2.20. The second-order valence-corrected chi connectivity index (χ2v) is 6.57. The SMILES string of the molecule is CS(=O)C(C)(C)C(=O)NCc1ccccc1Cl. The van der Waals surface area contributed by atoms with Crippen LogP contribution in [0.25, 0.3) is 0 Å². The summed E-state index contributed by atoms with van der Waals surface area (Å²) in [4.78, 5) is 11.8. The van der Waals surface area contributed by atoms with Crippen LogP contribution in [0.2, 0.25) is 5.02 Å². The van der Waals surface area contributed by atoms with Gasteiger partial charge >= 0.3 is 0 Å². The second-order valence-electron chi connectivity index (χ2n) is 4.24. The number of carbonyl (C=O) groups excluding carboxylic acids is 1. The molecule has 5 heteroatoms. The highest BCUT2D eigenvalue weighted by Gasteiger charge is 2.31. The summed E-state index contributed by atoms with van der Waals surface area (Å²) in [6, 6.07) is 7.31. The minimum absolute atomic E-state index is 0.238. The van der Waals surface area contributed by atoms with E-state index in [2.05, 4.69) is 5.32 Å². The molecule has 0 aliphatic rings. The molecule has 0 heterocycles. The number of hydrogen-bond acceptors (Lipinski definition) is 2. The van der Waals surface area contributed by atoms with Crippen molar-refractivity contribution < 1.29 is 9.00 Å². The van der Waals surface area contributed by atoms with Crippen molar-refractivity contribution in [3.05, 3.63) is 34.9 Å². The molecular formula is C12H16ClNO2S. The van der Waals surface area contributed by atoms with Crippen LogP contribution in [0.5, 0.6) is 0 Å². The Kier molecular flexibility index (Phi) is 4.71. The Bertz CT molecular complexity index is 446. The van der Waals surface area contributed by atoms with E-state index >= 15 is 0 Å². The lowest BCUT2D eigenvalue weighted by Crippen LogP contribution is -2.44. The van der Waals surface area contributed by atoms with Gasteiger partial charge in [-0.3, -0.25) is 9.00 Å². The van der Waals surface area contributed by atoms with Gasteiger partial charge < -0.3 is 5.32 Å². The van der Waals surface area contributed by atoms with Gasteiger partial charge in [0.15, 0.2) is 0 Å². The number of amides is 1. The first kappa shape index (κ1) is 14.2. The maximum absolute atomic E-state index is 11.8. The molecule has 0 aromatic heterocycles. The number of rotatable bonds is 4. The highest BCUT2D eigenvalue weighted by atomic mass is 35.5. The van der Waals surface area contributed by atoms with Crippen LogP contribution in [-0.4, -0.2) is 21.1 Å². The molecule has 1 unspecified atom stereocenters. The molecule has 1 rings (SSSR count). The molecular weight excluding hydrogens is 258 g/mol. The van der Waals surface area contributed by atoms with Gasteiger partial charge in [0.25, 0.3) is 0 Å². The van der Waals surface area contributed by atoms with Crippen LogP contribution in [0, 0.1) is 0 Å². The first-order valence-corrected chi connectivity index (χ1v) is 7.14. The highest BCUT2D eigenvalue weighted by molar-refractivity contribution is 7.86. The van der Waals surface area contributed by atoms with E-state index in [-0.39, 0.29) is 5.91 Å². The van der Waals surface area contributed by atoms with Gasteiger partial charge in [0.2, 0.25) is 5.91 Å². The molecule has 17 heavy (non-hydrogen) atoms. The molecule has 94 valence electrons. The van der Waals surface area contributed by atoms with Crippen molar-refractivity contribution in [3.8, 4) is 0 Å². The Balaban J connectivity index is 2.67. The molecule has 0 spiro atoms. The molecule has 3 nitrogen and oxygen atoms in total. The van der Waals surface area contributed by atoms with E-state index in [1.54, 1.807) is 19.9 Å². The Morgan fingerprint density at radius 3 is 2.53 bits per heavy atom. The Hall–Kier alpha value is -0.870. The number of nitrogens with one attached hydrogen (secondary N) is 1. The average molecular weight is 274 g/mol. The standard InChI is InChI=1S/C12H16ClNO2S/c1-12(2,17(3)16)11(15)14-8-9-6-4-5-7-10(9)13/h4-7H,8H2,1-3H3,(H,14,15). The highest BCUT2D eigenvalue weighted by Crippen LogP contribution is 2.16. The topological polar surface area (TPSA) is 46.2 Å². The van der Waals surface area contributed by atoms with Crippen molar-refractivity contribution in [2.45, 2.75) is 25.1 Å². The van der Waals surface area contributed by atoms with Crippen LogP contribution in [-0.2, 0) is 22.1 Å². The zero-order valence-corrected chi connectivity index (χ0v) is 11.7. The summed E-state index contributed by atoms with van der Waals surface area (Å²) in [5, 5.41) is 3.36. The molecule has 0 fully saturated rings. The van der Waals surface area contributed by atoms with Crippen LogP contribution in [0.4, 0.5) is 0 Å². The van der Waals surface area contributed by atoms with Gasteiger partial charge in [-0.05, 0) is 25.5 Å². The molecule has 1 aromatic rings. The van der Waals surface area contributed by atoms with E-state index in [1.165, 1.54) is 6.26 Å². The van der Waals surface area contributed by atoms with Gasteiger partial charge in [-0.25, -0.2) is 0 Å². The number of halogens is 1. The van der Waals surface area contributed by atoms with Crippen molar-refractivity contribution in [2.24, 2.45) is 0 Å². The van der Waals surface area contributed by atoms with Gasteiger partial charge in [-0.1, -0.05) is 29.8 Å². The normalized spacial score (nSPS) is 13.2. The van der Waals surface area contributed by atoms with Crippen LogP contribution < -0.4 is 5.32 Å². The first-order chi connectivity index (χ1) is 7.85. The fourth-order valence-electron chi connectivity index (χ4n) is 1.16. The van der Waals surface area contributed by atoms with Crippen molar-refractivity contribution in [1.29, 1.82) is 0 Å². The lowest BCUT2D eigenvalue weighted by atomic mass is 10.1. The van der Waals surface area contributed by atoms with Gasteiger partial charge in [0.1, 0.15) is 4.75 Å². The van der Waals surface area contributed by atoms with Crippen molar-refractivity contribution in [1.82, 2.24) is 5.32 Å². The minimum atomic E-state index is -1.21. The summed E-state index contributed by atoms with van der Waals surface area (Å²) in [6.07, 6.45) is 1.52. The van der Waals surface area contributed by atoms with E-state index in [0.717, 1.165) is 5.56 Å². The molecule has 0 radical (unpaired) electrons. The molecule has 1 amide bonds. The quantitative estimate of drug-likeness (QED) is 0.913. The Labute approximate surface area is 109 Å². The summed E-state index contributed by atoms with van der Waals surface area (Å²) < 4.78 is 10.5. The van der Waals surface area contributed by atoms with E-state index < -0.39 is 15.5 Å². The Morgan fingerprint density at radius 2 is 2.00 bits per heavy atom. The molecule has 0 aliphatic carbocycles. The van der Waals surface area contributed by atoms with E-state index in [9.17, 15) is 9.00 Å². The summed E-state index contributed by atoms with van der Waals surface area (Å²) in [7, 11) is -1.21. The maximum Gasteiger partial charge on any atom is 0.238 e. The van der Waals surface area contributed by atoms with Crippen LogP contribution in [0.15, 0.2) is 24.3 Å². The number of benzene rings is 1. The lowest BCUT2D eigenvalue weighted by molar-refractivity contribution is -0.122. The monoisotopic (exact) mass is 273 g/mol. The van der Waals surface area contributed by atoms with E-state index in [1.807, 2.05) is 18.2 Å². The maximum atomic E-state index is 11.8. The predicted octanol–water partition coefficient (Wildman–Crippen LogP) is 2.11. The van der Waals surface area contributed by atoms with Crippen molar-refractivity contribution >= 4 is 28.3 Å². The molecule has 1 aromatic carbocycles. The third kappa shape index (κ3) is 3.54. The van der Waals surface area contributed by atoms with Gasteiger partial charge in [0, 0.05) is 28.6 Å². The first-order valence-electron chi connectivity index (χ1n) is 5.21. The number of carbonyl (C=O) groups is 1. The average Bonchev–Trinajstić information content (AvgIpc) is 2.27. The third-order valence-corrected chi connectivity index (χ3v) is 4.65. The predicted molar refractivity (Wildman–Crippen MR) is 71.4 cm³/mol. The largest absolute Gasteiger partial charge is 0.351 e. The summed E-state index contributed by atoms with van der Waals surface area (Å²) >= 11 is 5.97. The summed E-state index contributed by atoms with van der Waals surface area (Å²) in [5.41, 5.74) is 0.847. The van der Waals surface area contributed by atoms with E-state index in [4.69, 9.17) is 11.6 Å². The summed E-state index contributed by atoms with van der Waals surface area (Å²) in [5.74, 6) is -0.238. The zero-order chi connectivity index (χ0) is 13.1. The van der Waals surface area contributed by atoms with Crippen LogP contribution in [0.3, 0.4) is 0 Å². The molecule has 0 aliphatic heterocycles. The van der Waals surface area contributed by atoms with Crippen LogP contribution in [0.1, 0.15) is 19.4 Å². The van der Waals surface area contributed by atoms with Gasteiger partial charge in [-0.2, -0.15) is 0 Å². The van der Waals surface area contributed by atoms with Crippen molar-refractivity contribution in [3.63, 3.8) is 0 Å². The molecule has 0 bridgehead atoms. The van der Waals surface area contributed by atoms with Gasteiger partial charge in [0.05, 0.1) is 0 Å². The fraction of sp³-hybridized carbons (Fsp3) is 0.417. The molecule has 0 saturated carbocycles. The third-order valence-electron chi connectivity index (χ3n) is 2.66. The molecule has 0 saturated heterocycles. The fourth-order valence-corrected chi connectivity index (χ4v) is 1.70. The molecule has 1 atom stereocenters. The summed E-state index contributed by atoms with van der Waals surface area (Å²) in [6.45, 7) is 3.66. The minimum Gasteiger partial charge on any atom is -0.351 e. The molecule has 1 N–H and O–H groups in total. The van der Waals surface area contributed by atoms with Crippen molar-refractivity contribution in [2.75, 3.05) is 6.26 Å². The van der Waals surface area contributed by atoms with E-state index in [0.29, 0.717) is 11.6 Å². The number of hydrogen-bond donors (Lipinski definition) is 1. The smallest absolute Gasteiger partial charge is 0.238 e. The zero-order valence-electron chi connectivity index (χ0n) is 10.1. The van der Waals surface area contributed by atoms with Crippen LogP contribution >= 0.6 is 11.6 Å². The van der Waals surface area contributed by atoms with Gasteiger partial charge in [-0.15, -0.1) is 0 Å². The Morgan fingerprint density at radius 1 is 1.41 bits per heavy atom.